The summed E-state index contributed by atoms with van der Waals surface area (Å²) in [5, 5.41) is 14.7. The largest absolute Gasteiger partial charge is 0.385 e. The quantitative estimate of drug-likeness (QED) is 0.830. The summed E-state index contributed by atoms with van der Waals surface area (Å²) in [5.41, 5.74) is 0.109. The van der Waals surface area contributed by atoms with Crippen molar-refractivity contribution in [3.05, 3.63) is 33.8 Å². The maximum Gasteiger partial charge on any atom is 0.0921 e. The van der Waals surface area contributed by atoms with E-state index in [9.17, 15) is 5.11 Å². The van der Waals surface area contributed by atoms with Crippen molar-refractivity contribution >= 4 is 35.6 Å². The molecule has 1 aliphatic rings. The number of benzene rings is 1. The van der Waals surface area contributed by atoms with Crippen LogP contribution in [-0.2, 0) is 5.60 Å². The summed E-state index contributed by atoms with van der Waals surface area (Å²) in [6, 6.07) is 5.34. The highest BCUT2D eigenvalue weighted by atomic mass is 35.5. The molecule has 0 atom stereocenters. The van der Waals surface area contributed by atoms with E-state index < -0.39 is 5.60 Å². The van der Waals surface area contributed by atoms with E-state index in [4.69, 9.17) is 23.2 Å². The fraction of sp³-hybridized carbons (Fsp3) is 0.455. The van der Waals surface area contributed by atoms with Gasteiger partial charge < -0.3 is 10.4 Å². The van der Waals surface area contributed by atoms with Crippen LogP contribution >= 0.6 is 35.6 Å². The van der Waals surface area contributed by atoms with Gasteiger partial charge in [0.15, 0.2) is 0 Å². The van der Waals surface area contributed by atoms with E-state index in [1.165, 1.54) is 0 Å². The molecular formula is C11H14Cl3NO. The lowest BCUT2D eigenvalue weighted by molar-refractivity contribution is 0.00595. The first-order valence-electron chi connectivity index (χ1n) is 5.00. The van der Waals surface area contributed by atoms with Crippen LogP contribution in [-0.4, -0.2) is 18.2 Å². The third-order valence-electron chi connectivity index (χ3n) is 2.89. The molecule has 2 N–H and O–H groups in total. The van der Waals surface area contributed by atoms with Gasteiger partial charge in [-0.05, 0) is 43.6 Å². The lowest BCUT2D eigenvalue weighted by Gasteiger charge is -2.33. The van der Waals surface area contributed by atoms with Crippen LogP contribution in [0.5, 0.6) is 0 Å². The van der Waals surface area contributed by atoms with Crippen molar-refractivity contribution in [2.75, 3.05) is 13.1 Å². The number of piperidine rings is 1. The van der Waals surface area contributed by atoms with Gasteiger partial charge >= 0.3 is 0 Å². The Morgan fingerprint density at radius 2 is 1.75 bits per heavy atom. The summed E-state index contributed by atoms with van der Waals surface area (Å²) < 4.78 is 0. The molecule has 0 aromatic heterocycles. The summed E-state index contributed by atoms with van der Waals surface area (Å²) in [4.78, 5) is 0. The molecule has 2 rings (SSSR count). The van der Waals surface area contributed by atoms with E-state index in [0.717, 1.165) is 18.7 Å². The molecule has 5 heteroatoms. The average Bonchev–Trinajstić information content (AvgIpc) is 2.23. The minimum atomic E-state index is -0.751. The van der Waals surface area contributed by atoms with Gasteiger partial charge in [-0.3, -0.25) is 0 Å². The number of hydrogen-bond donors (Lipinski definition) is 2. The second kappa shape index (κ2) is 5.56. The Labute approximate surface area is 111 Å². The van der Waals surface area contributed by atoms with Crippen LogP contribution < -0.4 is 5.32 Å². The second-order valence-corrected chi connectivity index (χ2v) is 4.72. The maximum atomic E-state index is 10.4. The Morgan fingerprint density at radius 1 is 1.12 bits per heavy atom. The van der Waals surface area contributed by atoms with Crippen molar-refractivity contribution in [2.24, 2.45) is 0 Å². The van der Waals surface area contributed by atoms with Crippen LogP contribution in [0.15, 0.2) is 18.2 Å². The molecule has 0 amide bonds. The third-order valence-corrected chi connectivity index (χ3v) is 3.63. The molecule has 2 nitrogen and oxygen atoms in total. The van der Waals surface area contributed by atoms with Gasteiger partial charge in [-0.1, -0.05) is 29.3 Å². The van der Waals surface area contributed by atoms with E-state index in [0.29, 0.717) is 22.9 Å². The van der Waals surface area contributed by atoms with E-state index in [-0.39, 0.29) is 12.4 Å². The zero-order chi connectivity index (χ0) is 10.9. The molecule has 90 valence electrons. The van der Waals surface area contributed by atoms with Crippen LogP contribution in [0.25, 0.3) is 0 Å². The number of halogens is 3. The maximum absolute atomic E-state index is 10.4. The topological polar surface area (TPSA) is 32.3 Å². The molecule has 1 heterocycles. The standard InChI is InChI=1S/C11H13Cl2NO.ClH/c12-9-2-1-8(7-10(9)13)11(15)3-5-14-6-4-11;/h1-2,7,14-15H,3-6H2;1H. The van der Waals surface area contributed by atoms with Crippen LogP contribution in [0, 0.1) is 0 Å². The highest BCUT2D eigenvalue weighted by Gasteiger charge is 2.31. The summed E-state index contributed by atoms with van der Waals surface area (Å²) in [7, 11) is 0. The first-order chi connectivity index (χ1) is 7.12. The van der Waals surface area contributed by atoms with Crippen LogP contribution in [0.3, 0.4) is 0 Å². The Morgan fingerprint density at radius 3 is 2.31 bits per heavy atom. The summed E-state index contributed by atoms with van der Waals surface area (Å²) in [6.45, 7) is 1.66. The van der Waals surface area contributed by atoms with Gasteiger partial charge in [0.2, 0.25) is 0 Å². The van der Waals surface area contributed by atoms with Crippen molar-refractivity contribution in [2.45, 2.75) is 18.4 Å². The Balaban J connectivity index is 0.00000128. The minimum Gasteiger partial charge on any atom is -0.385 e. The fourth-order valence-corrected chi connectivity index (χ4v) is 2.21. The molecule has 0 aliphatic carbocycles. The molecule has 1 saturated heterocycles. The molecule has 0 saturated carbocycles. The van der Waals surface area contributed by atoms with Crippen molar-refractivity contribution < 1.29 is 5.11 Å². The van der Waals surface area contributed by atoms with E-state index >= 15 is 0 Å². The summed E-state index contributed by atoms with van der Waals surface area (Å²) >= 11 is 11.8. The van der Waals surface area contributed by atoms with E-state index in [1.54, 1.807) is 12.1 Å². The van der Waals surface area contributed by atoms with Crippen molar-refractivity contribution in [3.8, 4) is 0 Å². The van der Waals surface area contributed by atoms with E-state index in [2.05, 4.69) is 5.32 Å². The molecule has 0 spiro atoms. The zero-order valence-electron chi connectivity index (χ0n) is 8.67. The third kappa shape index (κ3) is 2.82. The fourth-order valence-electron chi connectivity index (χ4n) is 1.91. The molecule has 0 radical (unpaired) electrons. The minimum absolute atomic E-state index is 0. The normalized spacial score (nSPS) is 18.9. The predicted molar refractivity (Wildman–Crippen MR) is 69.7 cm³/mol. The van der Waals surface area contributed by atoms with Gasteiger partial charge in [0, 0.05) is 0 Å². The van der Waals surface area contributed by atoms with Gasteiger partial charge in [0.25, 0.3) is 0 Å². The molecule has 1 fully saturated rings. The highest BCUT2D eigenvalue weighted by molar-refractivity contribution is 6.42. The van der Waals surface area contributed by atoms with Gasteiger partial charge in [-0.2, -0.15) is 0 Å². The number of rotatable bonds is 1. The number of nitrogens with one attached hydrogen (secondary N) is 1. The average molecular weight is 283 g/mol. The lowest BCUT2D eigenvalue weighted by atomic mass is 9.85. The summed E-state index contributed by atoms with van der Waals surface area (Å²) in [5.74, 6) is 0. The monoisotopic (exact) mass is 281 g/mol. The van der Waals surface area contributed by atoms with Gasteiger partial charge in [-0.25, -0.2) is 0 Å². The Bertz CT molecular complexity index is 364. The molecule has 1 aromatic rings. The molecule has 0 unspecified atom stereocenters. The van der Waals surface area contributed by atoms with Crippen molar-refractivity contribution in [3.63, 3.8) is 0 Å². The highest BCUT2D eigenvalue weighted by Crippen LogP contribution is 2.33. The van der Waals surface area contributed by atoms with Crippen molar-refractivity contribution in [1.82, 2.24) is 5.32 Å². The zero-order valence-corrected chi connectivity index (χ0v) is 11.0. The summed E-state index contributed by atoms with van der Waals surface area (Å²) in [6.07, 6.45) is 1.43. The van der Waals surface area contributed by atoms with Gasteiger partial charge in [0.05, 0.1) is 15.6 Å². The second-order valence-electron chi connectivity index (χ2n) is 3.91. The number of hydrogen-bond acceptors (Lipinski definition) is 2. The van der Waals surface area contributed by atoms with Crippen LogP contribution in [0.4, 0.5) is 0 Å². The van der Waals surface area contributed by atoms with Crippen LogP contribution in [0.1, 0.15) is 18.4 Å². The number of aliphatic hydroxyl groups is 1. The molecule has 1 aliphatic heterocycles. The SMILES string of the molecule is Cl.OC1(c2ccc(Cl)c(Cl)c2)CCNCC1. The lowest BCUT2D eigenvalue weighted by Crippen LogP contribution is -2.39. The van der Waals surface area contributed by atoms with Crippen molar-refractivity contribution in [1.29, 1.82) is 0 Å². The first-order valence-corrected chi connectivity index (χ1v) is 5.76. The van der Waals surface area contributed by atoms with Gasteiger partial charge in [0.1, 0.15) is 0 Å². The van der Waals surface area contributed by atoms with Gasteiger partial charge in [-0.15, -0.1) is 12.4 Å². The Hall–Kier alpha value is 0.01000. The molecule has 1 aromatic carbocycles. The Kier molecular flexibility index (Phi) is 4.89. The molecule has 0 bridgehead atoms. The smallest absolute Gasteiger partial charge is 0.0921 e. The molecule has 16 heavy (non-hydrogen) atoms. The first kappa shape index (κ1) is 14.1. The molecular weight excluding hydrogens is 268 g/mol. The van der Waals surface area contributed by atoms with Crippen LogP contribution in [0.2, 0.25) is 10.0 Å². The predicted octanol–water partition coefficient (Wildman–Crippen LogP) is 2.99. The van der Waals surface area contributed by atoms with E-state index in [1.807, 2.05) is 6.07 Å².